The topological polar surface area (TPSA) is 61.1 Å². The second-order valence-corrected chi connectivity index (χ2v) is 4.86. The minimum absolute atomic E-state index is 0.0217. The largest absolute Gasteiger partial charge is 0.453 e. The zero-order valence-electron chi connectivity index (χ0n) is 12.1. The molecule has 2 heterocycles. The van der Waals surface area contributed by atoms with Crippen molar-refractivity contribution in [2.45, 2.75) is 25.2 Å². The van der Waals surface area contributed by atoms with E-state index < -0.39 is 0 Å². The molecule has 1 aromatic rings. The van der Waals surface area contributed by atoms with E-state index in [0.29, 0.717) is 31.3 Å². The first-order valence-corrected chi connectivity index (χ1v) is 6.60. The van der Waals surface area contributed by atoms with Crippen molar-refractivity contribution in [3.8, 4) is 0 Å². The van der Waals surface area contributed by atoms with Crippen molar-refractivity contribution >= 4 is 5.91 Å². The standard InChI is InChI=1S/C14H21NO5/c1-17-8-10-6-12(19-3)7-15(10)14(16)13-5-4-11(20-13)9-18-2/h4-5,10,12H,6-9H2,1-3H3/t10-,12+/m0/s1. The molecule has 2 atom stereocenters. The number of methoxy groups -OCH3 is 3. The van der Waals surface area contributed by atoms with Gasteiger partial charge in [0.1, 0.15) is 12.4 Å². The molecule has 0 unspecified atom stereocenters. The summed E-state index contributed by atoms with van der Waals surface area (Å²) in [5.41, 5.74) is 0. The van der Waals surface area contributed by atoms with Crippen molar-refractivity contribution in [2.24, 2.45) is 0 Å². The van der Waals surface area contributed by atoms with E-state index in [1.807, 2.05) is 0 Å². The Kier molecular flexibility index (Phi) is 5.17. The molecule has 1 fully saturated rings. The molecule has 0 aromatic carbocycles. The first-order valence-electron chi connectivity index (χ1n) is 6.60. The Labute approximate surface area is 118 Å². The molecule has 6 nitrogen and oxygen atoms in total. The van der Waals surface area contributed by atoms with Gasteiger partial charge in [0.2, 0.25) is 0 Å². The van der Waals surface area contributed by atoms with Crippen molar-refractivity contribution in [3.05, 3.63) is 23.7 Å². The van der Waals surface area contributed by atoms with Crippen LogP contribution < -0.4 is 0 Å². The maximum absolute atomic E-state index is 12.5. The molecule has 0 saturated carbocycles. The Hall–Kier alpha value is -1.37. The van der Waals surface area contributed by atoms with Crippen LogP contribution in [-0.2, 0) is 20.8 Å². The summed E-state index contributed by atoms with van der Waals surface area (Å²) in [5, 5.41) is 0. The number of rotatable bonds is 6. The second-order valence-electron chi connectivity index (χ2n) is 4.86. The van der Waals surface area contributed by atoms with E-state index in [1.165, 1.54) is 0 Å². The van der Waals surface area contributed by atoms with Gasteiger partial charge in [0.25, 0.3) is 5.91 Å². The molecule has 0 N–H and O–H groups in total. The second kappa shape index (κ2) is 6.88. The van der Waals surface area contributed by atoms with Crippen LogP contribution >= 0.6 is 0 Å². The molecule has 1 aliphatic rings. The fraction of sp³-hybridized carbons (Fsp3) is 0.643. The van der Waals surface area contributed by atoms with E-state index >= 15 is 0 Å². The number of furan rings is 1. The molecule has 1 saturated heterocycles. The third-order valence-corrected chi connectivity index (χ3v) is 3.49. The molecule has 0 aliphatic carbocycles. The average molecular weight is 283 g/mol. The number of hydrogen-bond acceptors (Lipinski definition) is 5. The van der Waals surface area contributed by atoms with E-state index in [-0.39, 0.29) is 18.1 Å². The van der Waals surface area contributed by atoms with Crippen LogP contribution in [0.15, 0.2) is 16.5 Å². The first-order chi connectivity index (χ1) is 9.69. The molecular weight excluding hydrogens is 262 g/mol. The van der Waals surface area contributed by atoms with Crippen LogP contribution in [0.1, 0.15) is 22.7 Å². The Morgan fingerprint density at radius 1 is 1.35 bits per heavy atom. The van der Waals surface area contributed by atoms with E-state index in [4.69, 9.17) is 18.6 Å². The molecule has 0 radical (unpaired) electrons. The van der Waals surface area contributed by atoms with Gasteiger partial charge in [-0.25, -0.2) is 0 Å². The number of ether oxygens (including phenoxy) is 3. The normalized spacial score (nSPS) is 22.4. The minimum Gasteiger partial charge on any atom is -0.453 e. The van der Waals surface area contributed by atoms with Crippen LogP contribution in [0.5, 0.6) is 0 Å². The number of nitrogens with zero attached hydrogens (tertiary/aromatic N) is 1. The average Bonchev–Trinajstić information content (AvgIpc) is 3.06. The van der Waals surface area contributed by atoms with Crippen LogP contribution in [0.3, 0.4) is 0 Å². The molecule has 1 aliphatic heterocycles. The number of likely N-dealkylation sites (tertiary alicyclic amines) is 1. The summed E-state index contributed by atoms with van der Waals surface area (Å²) < 4.78 is 21.0. The summed E-state index contributed by atoms with van der Waals surface area (Å²) in [5.74, 6) is 0.838. The predicted molar refractivity (Wildman–Crippen MR) is 71.5 cm³/mol. The highest BCUT2D eigenvalue weighted by atomic mass is 16.5. The summed E-state index contributed by atoms with van der Waals surface area (Å²) >= 11 is 0. The van der Waals surface area contributed by atoms with E-state index in [1.54, 1.807) is 38.4 Å². The summed E-state index contributed by atoms with van der Waals surface area (Å²) in [6, 6.07) is 3.46. The van der Waals surface area contributed by atoms with Crippen molar-refractivity contribution < 1.29 is 23.4 Å². The monoisotopic (exact) mass is 283 g/mol. The molecule has 1 amide bonds. The molecule has 0 spiro atoms. The fourth-order valence-corrected chi connectivity index (χ4v) is 2.50. The van der Waals surface area contributed by atoms with Gasteiger partial charge in [0.05, 0.1) is 18.8 Å². The zero-order chi connectivity index (χ0) is 14.5. The first kappa shape index (κ1) is 15.0. The third kappa shape index (κ3) is 3.20. The van der Waals surface area contributed by atoms with Gasteiger partial charge in [-0.15, -0.1) is 0 Å². The van der Waals surface area contributed by atoms with Crippen molar-refractivity contribution in [2.75, 3.05) is 34.5 Å². The van der Waals surface area contributed by atoms with Crippen LogP contribution in [0.25, 0.3) is 0 Å². The number of hydrogen-bond donors (Lipinski definition) is 0. The zero-order valence-corrected chi connectivity index (χ0v) is 12.1. The molecule has 112 valence electrons. The van der Waals surface area contributed by atoms with E-state index in [9.17, 15) is 4.79 Å². The highest BCUT2D eigenvalue weighted by Crippen LogP contribution is 2.23. The van der Waals surface area contributed by atoms with Crippen molar-refractivity contribution in [1.82, 2.24) is 4.90 Å². The molecule has 1 aromatic heterocycles. The lowest BCUT2D eigenvalue weighted by molar-refractivity contribution is 0.0576. The third-order valence-electron chi connectivity index (χ3n) is 3.49. The Bertz CT molecular complexity index is 445. The highest BCUT2D eigenvalue weighted by Gasteiger charge is 2.36. The molecular formula is C14H21NO5. The SMILES string of the molecule is COCc1ccc(C(=O)N2C[C@H](OC)C[C@H]2COC)o1. The number of amides is 1. The molecule has 2 rings (SSSR count). The van der Waals surface area contributed by atoms with Gasteiger partial charge in [-0.1, -0.05) is 0 Å². The summed E-state index contributed by atoms with van der Waals surface area (Å²) in [6.45, 7) is 1.41. The Balaban J connectivity index is 2.09. The lowest BCUT2D eigenvalue weighted by Crippen LogP contribution is -2.38. The maximum Gasteiger partial charge on any atom is 0.289 e. The number of carbonyl (C=O) groups is 1. The van der Waals surface area contributed by atoms with E-state index in [2.05, 4.69) is 0 Å². The van der Waals surface area contributed by atoms with Crippen LogP contribution in [0.4, 0.5) is 0 Å². The summed E-state index contributed by atoms with van der Waals surface area (Å²) in [4.78, 5) is 14.2. The van der Waals surface area contributed by atoms with Gasteiger partial charge in [-0.2, -0.15) is 0 Å². The van der Waals surface area contributed by atoms with Crippen LogP contribution in [0, 0.1) is 0 Å². The minimum atomic E-state index is -0.131. The predicted octanol–water partition coefficient (Wildman–Crippen LogP) is 1.30. The van der Waals surface area contributed by atoms with Gasteiger partial charge >= 0.3 is 0 Å². The maximum atomic E-state index is 12.5. The summed E-state index contributed by atoms with van der Waals surface area (Å²) in [7, 11) is 4.88. The van der Waals surface area contributed by atoms with Gasteiger partial charge in [-0.05, 0) is 18.6 Å². The van der Waals surface area contributed by atoms with Gasteiger partial charge in [0, 0.05) is 27.9 Å². The van der Waals surface area contributed by atoms with Crippen LogP contribution in [0.2, 0.25) is 0 Å². The van der Waals surface area contributed by atoms with Crippen molar-refractivity contribution in [3.63, 3.8) is 0 Å². The Morgan fingerprint density at radius 2 is 2.15 bits per heavy atom. The Morgan fingerprint density at radius 3 is 2.80 bits per heavy atom. The quantitative estimate of drug-likeness (QED) is 0.787. The van der Waals surface area contributed by atoms with Crippen LogP contribution in [-0.4, -0.2) is 57.4 Å². The van der Waals surface area contributed by atoms with E-state index in [0.717, 1.165) is 6.42 Å². The molecule has 6 heteroatoms. The molecule has 0 bridgehead atoms. The van der Waals surface area contributed by atoms with Gasteiger partial charge in [-0.3, -0.25) is 4.79 Å². The van der Waals surface area contributed by atoms with Gasteiger partial charge in [0.15, 0.2) is 5.76 Å². The lowest BCUT2D eigenvalue weighted by atomic mass is 10.2. The smallest absolute Gasteiger partial charge is 0.289 e. The summed E-state index contributed by atoms with van der Waals surface area (Å²) in [6.07, 6.45) is 0.828. The number of carbonyl (C=O) groups excluding carboxylic acids is 1. The fourth-order valence-electron chi connectivity index (χ4n) is 2.50. The van der Waals surface area contributed by atoms with Gasteiger partial charge < -0.3 is 23.5 Å². The highest BCUT2D eigenvalue weighted by molar-refractivity contribution is 5.92. The lowest BCUT2D eigenvalue weighted by Gasteiger charge is -2.22. The van der Waals surface area contributed by atoms with Crippen molar-refractivity contribution in [1.29, 1.82) is 0 Å². The molecule has 20 heavy (non-hydrogen) atoms.